The standard InChI is InChI=1S/C25H20OS/c1-27-23-14-12-20(13-15-23)25(26)24-9-5-4-8-22(24)17-18-10-11-19-6-2-3-7-21(19)16-18/h2-16H,17H2,1H3. The third kappa shape index (κ3) is 3.81. The van der Waals surface area contributed by atoms with Gasteiger partial charge < -0.3 is 0 Å². The molecular weight excluding hydrogens is 348 g/mol. The predicted molar refractivity (Wildman–Crippen MR) is 115 cm³/mol. The Bertz CT molecular complexity index is 1100. The second-order valence-corrected chi connectivity index (χ2v) is 7.45. The molecule has 0 heterocycles. The molecule has 0 atom stereocenters. The van der Waals surface area contributed by atoms with Gasteiger partial charge in [0.15, 0.2) is 5.78 Å². The summed E-state index contributed by atoms with van der Waals surface area (Å²) in [6.07, 6.45) is 2.78. The monoisotopic (exact) mass is 368 g/mol. The minimum atomic E-state index is 0.0824. The first-order valence-corrected chi connectivity index (χ1v) is 10.2. The van der Waals surface area contributed by atoms with Gasteiger partial charge in [-0.1, -0.05) is 66.7 Å². The summed E-state index contributed by atoms with van der Waals surface area (Å²) in [4.78, 5) is 14.2. The van der Waals surface area contributed by atoms with Crippen LogP contribution in [0.2, 0.25) is 0 Å². The zero-order valence-electron chi connectivity index (χ0n) is 15.2. The van der Waals surface area contributed by atoms with Crippen LogP contribution >= 0.6 is 11.8 Å². The van der Waals surface area contributed by atoms with Crippen molar-refractivity contribution in [3.63, 3.8) is 0 Å². The van der Waals surface area contributed by atoms with Gasteiger partial charge in [-0.25, -0.2) is 0 Å². The Morgan fingerprint density at radius 3 is 2.26 bits per heavy atom. The minimum Gasteiger partial charge on any atom is -0.289 e. The molecule has 27 heavy (non-hydrogen) atoms. The maximum absolute atomic E-state index is 13.1. The van der Waals surface area contributed by atoms with Gasteiger partial charge in [0, 0.05) is 16.0 Å². The molecule has 0 radical (unpaired) electrons. The van der Waals surface area contributed by atoms with Gasteiger partial charge in [-0.05, 0) is 58.8 Å². The quantitative estimate of drug-likeness (QED) is 0.300. The summed E-state index contributed by atoms with van der Waals surface area (Å²) in [5, 5.41) is 2.46. The van der Waals surface area contributed by atoms with Crippen molar-refractivity contribution in [2.75, 3.05) is 6.26 Å². The van der Waals surface area contributed by atoms with E-state index in [0.717, 1.165) is 28.0 Å². The molecule has 0 saturated heterocycles. The molecule has 2 heteroatoms. The van der Waals surface area contributed by atoms with Crippen molar-refractivity contribution in [2.24, 2.45) is 0 Å². The highest BCUT2D eigenvalue weighted by atomic mass is 32.2. The normalized spacial score (nSPS) is 10.9. The SMILES string of the molecule is CSc1ccc(C(=O)c2ccccc2Cc2ccc3ccccc3c2)cc1. The number of benzene rings is 4. The fourth-order valence-electron chi connectivity index (χ4n) is 3.36. The van der Waals surface area contributed by atoms with E-state index in [9.17, 15) is 4.79 Å². The van der Waals surface area contributed by atoms with Crippen molar-refractivity contribution in [3.8, 4) is 0 Å². The maximum Gasteiger partial charge on any atom is 0.193 e. The molecule has 132 valence electrons. The summed E-state index contributed by atoms with van der Waals surface area (Å²) in [5.41, 5.74) is 3.79. The van der Waals surface area contributed by atoms with Crippen LogP contribution in [0.5, 0.6) is 0 Å². The Kier molecular flexibility index (Phi) is 5.08. The second-order valence-electron chi connectivity index (χ2n) is 6.57. The first-order chi connectivity index (χ1) is 13.2. The molecule has 0 aliphatic carbocycles. The lowest BCUT2D eigenvalue weighted by Gasteiger charge is -2.10. The van der Waals surface area contributed by atoms with Crippen LogP contribution in [-0.4, -0.2) is 12.0 Å². The van der Waals surface area contributed by atoms with Crippen molar-refractivity contribution < 1.29 is 4.79 Å². The van der Waals surface area contributed by atoms with Gasteiger partial charge in [0.1, 0.15) is 0 Å². The van der Waals surface area contributed by atoms with Crippen molar-refractivity contribution in [1.29, 1.82) is 0 Å². The van der Waals surface area contributed by atoms with E-state index in [4.69, 9.17) is 0 Å². The number of rotatable bonds is 5. The highest BCUT2D eigenvalue weighted by Gasteiger charge is 2.13. The van der Waals surface area contributed by atoms with E-state index < -0.39 is 0 Å². The molecule has 4 aromatic rings. The number of carbonyl (C=O) groups excluding carboxylic acids is 1. The number of carbonyl (C=O) groups is 1. The lowest BCUT2D eigenvalue weighted by Crippen LogP contribution is -2.06. The number of hydrogen-bond acceptors (Lipinski definition) is 2. The van der Waals surface area contributed by atoms with E-state index in [1.165, 1.54) is 16.3 Å². The van der Waals surface area contributed by atoms with Crippen LogP contribution in [0.3, 0.4) is 0 Å². The third-order valence-corrected chi connectivity index (χ3v) is 5.57. The van der Waals surface area contributed by atoms with Crippen LogP contribution in [0, 0.1) is 0 Å². The van der Waals surface area contributed by atoms with Crippen LogP contribution < -0.4 is 0 Å². The van der Waals surface area contributed by atoms with E-state index in [1.807, 2.05) is 48.7 Å². The smallest absolute Gasteiger partial charge is 0.193 e. The van der Waals surface area contributed by atoms with E-state index >= 15 is 0 Å². The summed E-state index contributed by atoms with van der Waals surface area (Å²) < 4.78 is 0. The van der Waals surface area contributed by atoms with E-state index in [1.54, 1.807) is 11.8 Å². The Hall–Kier alpha value is -2.84. The molecule has 0 unspecified atom stereocenters. The first kappa shape index (κ1) is 17.6. The Morgan fingerprint density at radius 2 is 1.48 bits per heavy atom. The molecule has 4 aromatic carbocycles. The van der Waals surface area contributed by atoms with Crippen molar-refractivity contribution in [3.05, 3.63) is 113 Å². The van der Waals surface area contributed by atoms with Crippen LogP contribution in [-0.2, 0) is 6.42 Å². The van der Waals surface area contributed by atoms with Crippen LogP contribution in [0.15, 0.2) is 95.9 Å². The second kappa shape index (κ2) is 7.81. The molecule has 4 rings (SSSR count). The first-order valence-electron chi connectivity index (χ1n) is 8.99. The summed E-state index contributed by atoms with van der Waals surface area (Å²) >= 11 is 1.68. The number of hydrogen-bond donors (Lipinski definition) is 0. The average molecular weight is 369 g/mol. The zero-order chi connectivity index (χ0) is 18.6. The molecule has 0 aliphatic heterocycles. The molecule has 0 spiro atoms. The Balaban J connectivity index is 1.66. The highest BCUT2D eigenvalue weighted by molar-refractivity contribution is 7.98. The minimum absolute atomic E-state index is 0.0824. The molecular formula is C25H20OS. The molecule has 0 fully saturated rings. The van der Waals surface area contributed by atoms with Crippen molar-refractivity contribution in [1.82, 2.24) is 0 Å². The van der Waals surface area contributed by atoms with Crippen LogP contribution in [0.1, 0.15) is 27.0 Å². The van der Waals surface area contributed by atoms with Gasteiger partial charge in [-0.2, -0.15) is 0 Å². The highest BCUT2D eigenvalue weighted by Crippen LogP contribution is 2.22. The van der Waals surface area contributed by atoms with Gasteiger partial charge in [-0.3, -0.25) is 4.79 Å². The lowest BCUT2D eigenvalue weighted by molar-refractivity contribution is 0.103. The van der Waals surface area contributed by atoms with Gasteiger partial charge in [0.25, 0.3) is 0 Å². The molecule has 0 bridgehead atoms. The van der Waals surface area contributed by atoms with E-state index in [2.05, 4.69) is 48.5 Å². The fourth-order valence-corrected chi connectivity index (χ4v) is 3.77. The molecule has 0 amide bonds. The number of thioether (sulfide) groups is 1. The summed E-state index contributed by atoms with van der Waals surface area (Å²) in [7, 11) is 0. The molecule has 0 saturated carbocycles. The average Bonchev–Trinajstić information content (AvgIpc) is 2.73. The van der Waals surface area contributed by atoms with Crippen molar-refractivity contribution in [2.45, 2.75) is 11.3 Å². The zero-order valence-corrected chi connectivity index (χ0v) is 16.0. The van der Waals surface area contributed by atoms with Crippen molar-refractivity contribution >= 4 is 28.3 Å². The molecule has 0 N–H and O–H groups in total. The predicted octanol–water partition coefficient (Wildman–Crippen LogP) is 6.38. The summed E-state index contributed by atoms with van der Waals surface area (Å²) in [5.74, 6) is 0.0824. The van der Waals surface area contributed by atoms with Gasteiger partial charge in [0.05, 0.1) is 0 Å². The molecule has 0 aliphatic rings. The van der Waals surface area contributed by atoms with Crippen LogP contribution in [0.25, 0.3) is 10.8 Å². The van der Waals surface area contributed by atoms with Gasteiger partial charge in [0.2, 0.25) is 0 Å². The van der Waals surface area contributed by atoms with E-state index in [-0.39, 0.29) is 5.78 Å². The van der Waals surface area contributed by atoms with E-state index in [0.29, 0.717) is 0 Å². The Morgan fingerprint density at radius 1 is 0.778 bits per heavy atom. The maximum atomic E-state index is 13.1. The lowest BCUT2D eigenvalue weighted by atomic mass is 9.93. The van der Waals surface area contributed by atoms with Gasteiger partial charge >= 0.3 is 0 Å². The summed E-state index contributed by atoms with van der Waals surface area (Å²) in [6, 6.07) is 30.6. The molecule has 1 nitrogen and oxygen atoms in total. The molecule has 0 aromatic heterocycles. The number of ketones is 1. The summed E-state index contributed by atoms with van der Waals surface area (Å²) in [6.45, 7) is 0. The largest absolute Gasteiger partial charge is 0.289 e. The topological polar surface area (TPSA) is 17.1 Å². The van der Waals surface area contributed by atoms with Crippen LogP contribution in [0.4, 0.5) is 0 Å². The number of fused-ring (bicyclic) bond motifs is 1. The third-order valence-electron chi connectivity index (χ3n) is 4.82. The fraction of sp³-hybridized carbons (Fsp3) is 0.0800. The van der Waals surface area contributed by atoms with Gasteiger partial charge in [-0.15, -0.1) is 11.8 Å². The Labute approximate surface area is 164 Å².